The Balaban J connectivity index is 1.46. The Kier molecular flexibility index (Phi) is 3.90. The number of nitrogens with one attached hydrogen (secondary N) is 1. The average Bonchev–Trinajstić information content (AvgIpc) is 3.08. The van der Waals surface area contributed by atoms with Crippen molar-refractivity contribution in [2.75, 3.05) is 13.1 Å². The van der Waals surface area contributed by atoms with E-state index in [1.165, 1.54) is 23.3 Å². The second kappa shape index (κ2) is 5.92. The van der Waals surface area contributed by atoms with E-state index in [-0.39, 0.29) is 5.91 Å². The van der Waals surface area contributed by atoms with Crippen LogP contribution in [0.15, 0.2) is 11.4 Å². The summed E-state index contributed by atoms with van der Waals surface area (Å²) in [6.07, 6.45) is 7.29. The Labute approximate surface area is 141 Å². The van der Waals surface area contributed by atoms with Crippen molar-refractivity contribution in [2.24, 2.45) is 5.92 Å². The van der Waals surface area contributed by atoms with Crippen molar-refractivity contribution in [2.45, 2.75) is 56.5 Å². The van der Waals surface area contributed by atoms with Gasteiger partial charge in [0.15, 0.2) is 0 Å². The molecule has 1 aliphatic heterocycles. The van der Waals surface area contributed by atoms with Crippen molar-refractivity contribution in [1.82, 2.24) is 10.2 Å². The molecular formula is C18H23N3OS. The van der Waals surface area contributed by atoms with Gasteiger partial charge in [-0.15, -0.1) is 11.3 Å². The minimum Gasteiger partial charge on any atom is -0.337 e. The molecule has 4 nitrogen and oxygen atoms in total. The van der Waals surface area contributed by atoms with E-state index in [0.717, 1.165) is 38.6 Å². The molecular weight excluding hydrogens is 306 g/mol. The van der Waals surface area contributed by atoms with Gasteiger partial charge in [0.2, 0.25) is 5.91 Å². The molecule has 0 bridgehead atoms. The second-order valence-corrected chi connectivity index (χ2v) is 8.25. The number of carbonyl (C=O) groups excluding carboxylic acids is 1. The molecule has 1 atom stereocenters. The maximum atomic E-state index is 12.6. The van der Waals surface area contributed by atoms with Crippen molar-refractivity contribution in [3.63, 3.8) is 0 Å². The van der Waals surface area contributed by atoms with Gasteiger partial charge in [-0.2, -0.15) is 5.26 Å². The molecule has 2 fully saturated rings. The third kappa shape index (κ3) is 2.90. The highest BCUT2D eigenvalue weighted by Crippen LogP contribution is 2.48. The number of hydrogen-bond acceptors (Lipinski definition) is 4. The van der Waals surface area contributed by atoms with E-state index in [9.17, 15) is 10.1 Å². The fourth-order valence-corrected chi connectivity index (χ4v) is 5.19. The van der Waals surface area contributed by atoms with Gasteiger partial charge in [-0.1, -0.05) is 0 Å². The molecule has 0 aromatic carbocycles. The van der Waals surface area contributed by atoms with Crippen LogP contribution >= 0.6 is 11.3 Å². The summed E-state index contributed by atoms with van der Waals surface area (Å²) in [5.74, 6) is 0.741. The topological polar surface area (TPSA) is 56.1 Å². The van der Waals surface area contributed by atoms with Gasteiger partial charge >= 0.3 is 0 Å². The van der Waals surface area contributed by atoms with Crippen LogP contribution in [0.2, 0.25) is 0 Å². The van der Waals surface area contributed by atoms with E-state index in [1.54, 1.807) is 0 Å². The third-order valence-electron chi connectivity index (χ3n) is 5.58. The van der Waals surface area contributed by atoms with E-state index in [1.807, 2.05) is 11.3 Å². The summed E-state index contributed by atoms with van der Waals surface area (Å²) < 4.78 is 0. The molecule has 0 spiro atoms. The number of amides is 1. The lowest BCUT2D eigenvalue weighted by atomic mass is 9.95. The largest absolute Gasteiger partial charge is 0.337 e. The molecule has 23 heavy (non-hydrogen) atoms. The number of fused-ring (bicyclic) bond motifs is 1. The van der Waals surface area contributed by atoms with E-state index < -0.39 is 5.54 Å². The van der Waals surface area contributed by atoms with Crippen molar-refractivity contribution < 1.29 is 4.79 Å². The molecule has 0 saturated heterocycles. The van der Waals surface area contributed by atoms with Crippen LogP contribution in [0.4, 0.5) is 0 Å². The fraction of sp³-hybridized carbons (Fsp3) is 0.667. The van der Waals surface area contributed by atoms with Crippen molar-refractivity contribution in [3.05, 3.63) is 21.9 Å². The molecule has 122 valence electrons. The summed E-state index contributed by atoms with van der Waals surface area (Å²) in [4.78, 5) is 16.4. The first-order valence-corrected chi connectivity index (χ1v) is 9.61. The molecule has 2 aliphatic carbocycles. The maximum absolute atomic E-state index is 12.6. The molecule has 1 aromatic heterocycles. The molecule has 2 saturated carbocycles. The summed E-state index contributed by atoms with van der Waals surface area (Å²) in [7, 11) is 0. The van der Waals surface area contributed by atoms with E-state index in [2.05, 4.69) is 27.7 Å². The zero-order valence-electron chi connectivity index (χ0n) is 13.4. The monoisotopic (exact) mass is 329 g/mol. The number of nitriles is 1. The number of nitrogens with zero attached hydrogens (tertiary/aromatic N) is 2. The van der Waals surface area contributed by atoms with Crippen LogP contribution in [0, 0.1) is 17.2 Å². The molecule has 0 radical (unpaired) electrons. The lowest BCUT2D eigenvalue weighted by Crippen LogP contribution is -2.50. The lowest BCUT2D eigenvalue weighted by Gasteiger charge is -2.36. The van der Waals surface area contributed by atoms with Crippen LogP contribution in [0.5, 0.6) is 0 Å². The van der Waals surface area contributed by atoms with Crippen molar-refractivity contribution >= 4 is 17.2 Å². The first-order valence-electron chi connectivity index (χ1n) is 8.73. The molecule has 1 aromatic rings. The Morgan fingerprint density at radius 1 is 1.43 bits per heavy atom. The summed E-state index contributed by atoms with van der Waals surface area (Å²) in [6, 6.07) is 5.02. The molecule has 4 rings (SSSR count). The molecule has 1 amide bonds. The highest BCUT2D eigenvalue weighted by Gasteiger charge is 2.41. The van der Waals surface area contributed by atoms with Gasteiger partial charge in [-0.05, 0) is 67.9 Å². The number of hydrogen-bond donors (Lipinski definition) is 1. The minimum absolute atomic E-state index is 0.0257. The van der Waals surface area contributed by atoms with Gasteiger partial charge < -0.3 is 5.32 Å². The lowest BCUT2D eigenvalue weighted by molar-refractivity contribution is -0.124. The number of carbonyl (C=O) groups is 1. The minimum atomic E-state index is -0.602. The molecule has 5 heteroatoms. The fourth-order valence-electron chi connectivity index (χ4n) is 4.27. The van der Waals surface area contributed by atoms with Crippen LogP contribution in [-0.4, -0.2) is 29.4 Å². The Bertz CT molecular complexity index is 637. The molecule has 3 aliphatic rings. The van der Waals surface area contributed by atoms with Gasteiger partial charge in [-0.25, -0.2) is 0 Å². The van der Waals surface area contributed by atoms with E-state index in [4.69, 9.17) is 0 Å². The predicted octanol–water partition coefficient (Wildman–Crippen LogP) is 3.01. The number of thiophene rings is 1. The summed E-state index contributed by atoms with van der Waals surface area (Å²) in [5.41, 5.74) is 0.850. The molecule has 0 unspecified atom stereocenters. The highest BCUT2D eigenvalue weighted by molar-refractivity contribution is 7.10. The van der Waals surface area contributed by atoms with Crippen LogP contribution < -0.4 is 5.32 Å². The van der Waals surface area contributed by atoms with E-state index >= 15 is 0 Å². The summed E-state index contributed by atoms with van der Waals surface area (Å²) >= 11 is 1.85. The van der Waals surface area contributed by atoms with Gasteiger partial charge in [0.1, 0.15) is 5.54 Å². The van der Waals surface area contributed by atoms with Crippen LogP contribution in [0.25, 0.3) is 0 Å². The zero-order valence-corrected chi connectivity index (χ0v) is 14.2. The second-order valence-electron chi connectivity index (χ2n) is 7.25. The van der Waals surface area contributed by atoms with Crippen LogP contribution in [0.1, 0.15) is 55.0 Å². The van der Waals surface area contributed by atoms with E-state index in [0.29, 0.717) is 18.5 Å². The average molecular weight is 329 g/mol. The standard InChI is InChI=1S/C18H23N3OS/c19-12-18(7-1-2-8-18)20-16(22)11-21-9-5-15-14(6-10-23-15)17(21)13-3-4-13/h6,10,13,17H,1-5,7-9,11H2,(H,20,22)/t17-/m1/s1. The summed E-state index contributed by atoms with van der Waals surface area (Å²) in [6.45, 7) is 1.39. The SMILES string of the molecule is N#CC1(NC(=O)CN2CCc3sccc3[C@H]2C2CC2)CCCC1. The van der Waals surface area contributed by atoms with Crippen molar-refractivity contribution in [3.8, 4) is 6.07 Å². The zero-order chi connectivity index (χ0) is 15.9. The van der Waals surface area contributed by atoms with Gasteiger partial charge in [-0.3, -0.25) is 9.69 Å². The smallest absolute Gasteiger partial charge is 0.235 e. The summed E-state index contributed by atoms with van der Waals surface area (Å²) in [5, 5.41) is 14.7. The van der Waals surface area contributed by atoms with Gasteiger partial charge in [0.05, 0.1) is 12.6 Å². The van der Waals surface area contributed by atoms with Crippen LogP contribution in [0.3, 0.4) is 0 Å². The Morgan fingerprint density at radius 2 is 2.22 bits per heavy atom. The third-order valence-corrected chi connectivity index (χ3v) is 6.58. The number of rotatable bonds is 4. The Morgan fingerprint density at radius 3 is 2.91 bits per heavy atom. The first kappa shape index (κ1) is 15.2. The molecule has 2 heterocycles. The Hall–Kier alpha value is -1.38. The molecule has 1 N–H and O–H groups in total. The normalized spacial score (nSPS) is 26.5. The van der Waals surface area contributed by atoms with Crippen molar-refractivity contribution in [1.29, 1.82) is 5.26 Å². The van der Waals surface area contributed by atoms with Crippen LogP contribution in [-0.2, 0) is 11.2 Å². The first-order chi connectivity index (χ1) is 11.2. The van der Waals surface area contributed by atoms with Gasteiger partial charge in [0, 0.05) is 17.5 Å². The quantitative estimate of drug-likeness (QED) is 0.924. The maximum Gasteiger partial charge on any atom is 0.235 e. The highest BCUT2D eigenvalue weighted by atomic mass is 32.1. The van der Waals surface area contributed by atoms with Gasteiger partial charge in [0.25, 0.3) is 0 Å². The predicted molar refractivity (Wildman–Crippen MR) is 90.0 cm³/mol.